The first kappa shape index (κ1) is 25.0. The quantitative estimate of drug-likeness (QED) is 0.460. The largest absolute Gasteiger partial charge is 0.474 e. The Balaban J connectivity index is 1.96. The smallest absolute Gasteiger partial charge is 0.407 e. The number of hydrogen-bond acceptors (Lipinski definition) is 7. The number of esters is 1. The average Bonchev–Trinajstić information content (AvgIpc) is 3.08. The van der Waals surface area contributed by atoms with Gasteiger partial charge in [-0.1, -0.05) is 0 Å². The molecule has 0 bridgehead atoms. The third-order valence-corrected chi connectivity index (χ3v) is 4.76. The standard InChI is InChI=1S/C22H37N3O6/c1-7-28-20(26)18-14-25(24-19(18)30-13-12-29-15(2)3)17-10-8-16(9-11-17)23-21(27)31-22(4,5)6/h14-17H,7-13H2,1-6H3,(H,23,27)/t16-,17-. The minimum absolute atomic E-state index is 0.0649. The van der Waals surface area contributed by atoms with E-state index in [0.717, 1.165) is 25.7 Å². The van der Waals surface area contributed by atoms with E-state index in [1.54, 1.807) is 17.8 Å². The Labute approximate surface area is 184 Å². The van der Waals surface area contributed by atoms with Gasteiger partial charge in [-0.05, 0) is 67.2 Å². The number of nitrogens with one attached hydrogen (secondary N) is 1. The fourth-order valence-corrected chi connectivity index (χ4v) is 3.40. The van der Waals surface area contributed by atoms with Gasteiger partial charge < -0.3 is 24.3 Å². The van der Waals surface area contributed by atoms with E-state index in [0.29, 0.717) is 18.8 Å². The van der Waals surface area contributed by atoms with Crippen molar-refractivity contribution >= 4 is 12.1 Å². The number of amides is 1. The van der Waals surface area contributed by atoms with Gasteiger partial charge in [0.25, 0.3) is 0 Å². The molecule has 0 spiro atoms. The third kappa shape index (κ3) is 8.40. The molecule has 9 heteroatoms. The first-order chi connectivity index (χ1) is 14.6. The van der Waals surface area contributed by atoms with Crippen LogP contribution in [0.2, 0.25) is 0 Å². The molecule has 0 aliphatic heterocycles. The van der Waals surface area contributed by atoms with Crippen LogP contribution in [0.1, 0.15) is 83.6 Å². The van der Waals surface area contributed by atoms with Gasteiger partial charge in [0.05, 0.1) is 25.4 Å². The van der Waals surface area contributed by atoms with Crippen molar-refractivity contribution in [1.29, 1.82) is 0 Å². The molecule has 1 aromatic heterocycles. The van der Waals surface area contributed by atoms with Gasteiger partial charge in [0.2, 0.25) is 5.88 Å². The number of aromatic nitrogens is 2. The molecule has 0 unspecified atom stereocenters. The van der Waals surface area contributed by atoms with Gasteiger partial charge in [0.15, 0.2) is 0 Å². The lowest BCUT2D eigenvalue weighted by atomic mass is 9.91. The zero-order chi connectivity index (χ0) is 23.0. The van der Waals surface area contributed by atoms with Gasteiger partial charge in [-0.2, -0.15) is 0 Å². The van der Waals surface area contributed by atoms with Crippen molar-refractivity contribution in [3.05, 3.63) is 11.8 Å². The second-order valence-electron chi connectivity index (χ2n) is 8.97. The zero-order valence-electron chi connectivity index (χ0n) is 19.6. The van der Waals surface area contributed by atoms with Crippen LogP contribution < -0.4 is 10.1 Å². The summed E-state index contributed by atoms with van der Waals surface area (Å²) in [6, 6.07) is 0.184. The normalized spacial score (nSPS) is 19.2. The van der Waals surface area contributed by atoms with Crippen LogP contribution in [-0.2, 0) is 14.2 Å². The summed E-state index contributed by atoms with van der Waals surface area (Å²) in [6.45, 7) is 12.2. The van der Waals surface area contributed by atoms with E-state index in [1.807, 2.05) is 34.6 Å². The molecule has 176 valence electrons. The monoisotopic (exact) mass is 439 g/mol. The number of carbonyl (C=O) groups is 2. The summed E-state index contributed by atoms with van der Waals surface area (Å²) in [6.07, 6.45) is 4.66. The average molecular weight is 440 g/mol. The number of ether oxygens (including phenoxy) is 4. The lowest BCUT2D eigenvalue weighted by Gasteiger charge is -2.30. The summed E-state index contributed by atoms with van der Waals surface area (Å²) in [4.78, 5) is 24.3. The fourth-order valence-electron chi connectivity index (χ4n) is 3.40. The summed E-state index contributed by atoms with van der Waals surface area (Å²) < 4.78 is 23.5. The van der Waals surface area contributed by atoms with Crippen LogP contribution in [0.3, 0.4) is 0 Å². The summed E-state index contributed by atoms with van der Waals surface area (Å²) in [7, 11) is 0. The van der Waals surface area contributed by atoms with Crippen molar-refractivity contribution in [2.75, 3.05) is 19.8 Å². The maximum atomic E-state index is 12.3. The van der Waals surface area contributed by atoms with E-state index < -0.39 is 11.6 Å². The summed E-state index contributed by atoms with van der Waals surface area (Å²) >= 11 is 0. The maximum Gasteiger partial charge on any atom is 0.407 e. The topological polar surface area (TPSA) is 101 Å². The molecule has 1 aliphatic rings. The van der Waals surface area contributed by atoms with Crippen molar-refractivity contribution < 1.29 is 28.5 Å². The van der Waals surface area contributed by atoms with Crippen molar-refractivity contribution in [2.24, 2.45) is 0 Å². The molecule has 0 aromatic carbocycles. The Kier molecular flexibility index (Phi) is 9.15. The molecule has 0 saturated heterocycles. The van der Waals surface area contributed by atoms with Gasteiger partial charge in [-0.3, -0.25) is 4.68 Å². The number of alkyl carbamates (subject to hydrolysis) is 1. The molecular weight excluding hydrogens is 402 g/mol. The second kappa shape index (κ2) is 11.4. The van der Waals surface area contributed by atoms with Crippen LogP contribution in [0.4, 0.5) is 4.79 Å². The van der Waals surface area contributed by atoms with Gasteiger partial charge in [-0.15, -0.1) is 5.10 Å². The first-order valence-corrected chi connectivity index (χ1v) is 11.1. The molecule has 0 radical (unpaired) electrons. The summed E-state index contributed by atoms with van der Waals surface area (Å²) in [5, 5.41) is 7.45. The van der Waals surface area contributed by atoms with Crippen molar-refractivity contribution in [3.8, 4) is 5.88 Å². The van der Waals surface area contributed by atoms with E-state index >= 15 is 0 Å². The molecule has 2 rings (SSSR count). The molecule has 1 heterocycles. The number of nitrogens with zero attached hydrogens (tertiary/aromatic N) is 2. The Hall–Kier alpha value is -2.29. The molecule has 1 aliphatic carbocycles. The van der Waals surface area contributed by atoms with Gasteiger partial charge in [0, 0.05) is 12.2 Å². The summed E-state index contributed by atoms with van der Waals surface area (Å²) in [5.41, 5.74) is -0.198. The molecule has 1 amide bonds. The second-order valence-corrected chi connectivity index (χ2v) is 8.97. The highest BCUT2D eigenvalue weighted by Gasteiger charge is 2.28. The van der Waals surface area contributed by atoms with Gasteiger partial charge in [0.1, 0.15) is 17.8 Å². The fraction of sp³-hybridized carbons (Fsp3) is 0.773. The molecule has 1 saturated carbocycles. The number of carbonyl (C=O) groups excluding carboxylic acids is 2. The van der Waals surface area contributed by atoms with E-state index in [2.05, 4.69) is 10.4 Å². The Bertz CT molecular complexity index is 717. The third-order valence-electron chi connectivity index (χ3n) is 4.76. The van der Waals surface area contributed by atoms with Crippen LogP contribution in [0, 0.1) is 0 Å². The summed E-state index contributed by atoms with van der Waals surface area (Å²) in [5.74, 6) is -0.186. The molecule has 9 nitrogen and oxygen atoms in total. The molecule has 0 atom stereocenters. The van der Waals surface area contributed by atoms with E-state index in [-0.39, 0.29) is 36.8 Å². The molecule has 1 aromatic rings. The lowest BCUT2D eigenvalue weighted by molar-refractivity contribution is 0.0480. The SMILES string of the molecule is CCOC(=O)c1cn([C@H]2CC[C@H](NC(=O)OC(C)(C)C)CC2)nc1OCCOC(C)C. The predicted octanol–water partition coefficient (Wildman–Crippen LogP) is 3.87. The minimum atomic E-state index is -0.517. The van der Waals surface area contributed by atoms with Crippen LogP contribution in [0.25, 0.3) is 0 Å². The zero-order valence-corrected chi connectivity index (χ0v) is 19.6. The van der Waals surface area contributed by atoms with Gasteiger partial charge >= 0.3 is 12.1 Å². The van der Waals surface area contributed by atoms with Crippen molar-refractivity contribution in [1.82, 2.24) is 15.1 Å². The van der Waals surface area contributed by atoms with E-state index in [9.17, 15) is 9.59 Å². The lowest BCUT2D eigenvalue weighted by Crippen LogP contribution is -2.41. The predicted molar refractivity (Wildman–Crippen MR) is 115 cm³/mol. The highest BCUT2D eigenvalue weighted by atomic mass is 16.6. The van der Waals surface area contributed by atoms with Crippen LogP contribution in [-0.4, -0.2) is 59.4 Å². The van der Waals surface area contributed by atoms with Gasteiger partial charge in [-0.25, -0.2) is 9.59 Å². The van der Waals surface area contributed by atoms with Crippen molar-refractivity contribution in [3.63, 3.8) is 0 Å². The van der Waals surface area contributed by atoms with Crippen LogP contribution in [0.15, 0.2) is 6.20 Å². The van der Waals surface area contributed by atoms with Crippen molar-refractivity contribution in [2.45, 2.75) is 91.0 Å². The highest BCUT2D eigenvalue weighted by Crippen LogP contribution is 2.30. The van der Waals surface area contributed by atoms with E-state index in [1.165, 1.54) is 0 Å². The van der Waals surface area contributed by atoms with E-state index in [4.69, 9.17) is 18.9 Å². The first-order valence-electron chi connectivity index (χ1n) is 11.1. The Morgan fingerprint density at radius 1 is 1.19 bits per heavy atom. The Morgan fingerprint density at radius 3 is 2.45 bits per heavy atom. The number of rotatable bonds is 9. The maximum absolute atomic E-state index is 12.3. The minimum Gasteiger partial charge on any atom is -0.474 e. The highest BCUT2D eigenvalue weighted by molar-refractivity contribution is 5.91. The van der Waals surface area contributed by atoms with Crippen LogP contribution >= 0.6 is 0 Å². The molecular formula is C22H37N3O6. The number of hydrogen-bond donors (Lipinski definition) is 1. The Morgan fingerprint density at radius 2 is 1.87 bits per heavy atom. The molecule has 31 heavy (non-hydrogen) atoms. The molecule has 1 N–H and O–H groups in total. The molecule has 1 fully saturated rings. The van der Waals surface area contributed by atoms with Crippen LogP contribution in [0.5, 0.6) is 5.88 Å².